The molecule has 0 fully saturated rings. The van der Waals surface area contributed by atoms with Gasteiger partial charge in [-0.25, -0.2) is 4.98 Å². The molecule has 1 heterocycles. The molecular weight excluding hydrogens is 232 g/mol. The fourth-order valence-corrected chi connectivity index (χ4v) is 2.44. The maximum atomic E-state index is 5.24. The largest absolute Gasteiger partial charge is 0.497 e. The highest BCUT2D eigenvalue weighted by Gasteiger charge is 2.12. The Balaban J connectivity index is 2.16. The molecule has 0 radical (unpaired) electrons. The summed E-state index contributed by atoms with van der Waals surface area (Å²) in [6.07, 6.45) is 2.75. The molecule has 0 aliphatic carbocycles. The summed E-state index contributed by atoms with van der Waals surface area (Å²) in [5.41, 5.74) is 1.22. The SMILES string of the molecule is CNC(Cc1nccs1)c1cccc(OC)c1. The normalized spacial score (nSPS) is 12.4. The van der Waals surface area contributed by atoms with Crippen LogP contribution in [0.4, 0.5) is 0 Å². The average Bonchev–Trinajstić information content (AvgIpc) is 2.89. The summed E-state index contributed by atoms with van der Waals surface area (Å²) in [4.78, 5) is 4.32. The summed E-state index contributed by atoms with van der Waals surface area (Å²) in [6.45, 7) is 0. The number of nitrogens with zero attached hydrogens (tertiary/aromatic N) is 1. The lowest BCUT2D eigenvalue weighted by atomic mass is 10.0. The Kier molecular flexibility index (Phi) is 4.12. The first kappa shape index (κ1) is 12.1. The monoisotopic (exact) mass is 248 g/mol. The number of hydrogen-bond acceptors (Lipinski definition) is 4. The molecule has 0 amide bonds. The predicted molar refractivity (Wildman–Crippen MR) is 70.6 cm³/mol. The highest BCUT2D eigenvalue weighted by molar-refractivity contribution is 7.09. The van der Waals surface area contributed by atoms with Crippen LogP contribution in [0.3, 0.4) is 0 Å². The number of benzene rings is 1. The van der Waals surface area contributed by atoms with Gasteiger partial charge in [-0.3, -0.25) is 0 Å². The second kappa shape index (κ2) is 5.80. The van der Waals surface area contributed by atoms with E-state index in [4.69, 9.17) is 4.74 Å². The van der Waals surface area contributed by atoms with Crippen molar-refractivity contribution < 1.29 is 4.74 Å². The highest BCUT2D eigenvalue weighted by Crippen LogP contribution is 2.22. The summed E-state index contributed by atoms with van der Waals surface area (Å²) in [5.74, 6) is 0.891. The molecule has 1 atom stereocenters. The van der Waals surface area contributed by atoms with Crippen molar-refractivity contribution in [2.24, 2.45) is 0 Å². The quantitative estimate of drug-likeness (QED) is 0.883. The van der Waals surface area contributed by atoms with Crippen LogP contribution >= 0.6 is 11.3 Å². The molecule has 3 nitrogen and oxygen atoms in total. The second-order valence-corrected chi connectivity index (χ2v) is 4.73. The lowest BCUT2D eigenvalue weighted by Gasteiger charge is -2.16. The fraction of sp³-hybridized carbons (Fsp3) is 0.308. The standard InChI is InChI=1S/C13H16N2OS/c1-14-12(9-13-15-6-7-17-13)10-4-3-5-11(8-10)16-2/h3-8,12,14H,9H2,1-2H3. The van der Waals surface area contributed by atoms with Crippen LogP contribution in [-0.4, -0.2) is 19.1 Å². The molecule has 0 saturated carbocycles. The summed E-state index contributed by atoms with van der Waals surface area (Å²) in [7, 11) is 3.66. The highest BCUT2D eigenvalue weighted by atomic mass is 32.1. The third-order valence-corrected chi connectivity index (χ3v) is 3.51. The first-order valence-electron chi connectivity index (χ1n) is 5.53. The van der Waals surface area contributed by atoms with Gasteiger partial charge >= 0.3 is 0 Å². The maximum absolute atomic E-state index is 5.24. The zero-order valence-electron chi connectivity index (χ0n) is 10.0. The van der Waals surface area contributed by atoms with Gasteiger partial charge in [0.15, 0.2) is 0 Å². The van der Waals surface area contributed by atoms with Crippen LogP contribution in [0.15, 0.2) is 35.8 Å². The van der Waals surface area contributed by atoms with Gasteiger partial charge in [-0.05, 0) is 24.7 Å². The summed E-state index contributed by atoms with van der Waals surface area (Å²) in [6, 6.07) is 8.42. The van der Waals surface area contributed by atoms with E-state index in [2.05, 4.69) is 22.4 Å². The van der Waals surface area contributed by atoms with Crippen LogP contribution in [0, 0.1) is 0 Å². The van der Waals surface area contributed by atoms with Crippen LogP contribution in [0.5, 0.6) is 5.75 Å². The number of thiazole rings is 1. The van der Waals surface area contributed by atoms with Crippen LogP contribution in [-0.2, 0) is 6.42 Å². The maximum Gasteiger partial charge on any atom is 0.119 e. The van der Waals surface area contributed by atoms with Crippen molar-refractivity contribution in [1.82, 2.24) is 10.3 Å². The Labute approximate surface area is 105 Å². The van der Waals surface area contributed by atoms with Crippen molar-refractivity contribution in [1.29, 1.82) is 0 Å². The smallest absolute Gasteiger partial charge is 0.119 e. The van der Waals surface area contributed by atoms with Crippen molar-refractivity contribution in [2.45, 2.75) is 12.5 Å². The second-order valence-electron chi connectivity index (χ2n) is 3.75. The van der Waals surface area contributed by atoms with E-state index in [9.17, 15) is 0 Å². The number of likely N-dealkylation sites (N-methyl/N-ethyl adjacent to an activating group) is 1. The Hall–Kier alpha value is -1.39. The van der Waals surface area contributed by atoms with Crippen LogP contribution in [0.2, 0.25) is 0 Å². The van der Waals surface area contributed by atoms with E-state index in [1.807, 2.05) is 30.8 Å². The number of nitrogens with one attached hydrogen (secondary N) is 1. The molecule has 2 rings (SSSR count). The summed E-state index contributed by atoms with van der Waals surface area (Å²) in [5, 5.41) is 6.47. The van der Waals surface area contributed by atoms with E-state index in [-0.39, 0.29) is 6.04 Å². The van der Waals surface area contributed by atoms with Gasteiger partial charge in [-0.15, -0.1) is 11.3 Å². The van der Waals surface area contributed by atoms with Gasteiger partial charge in [-0.2, -0.15) is 0 Å². The Morgan fingerprint density at radius 3 is 3.00 bits per heavy atom. The molecule has 1 aromatic carbocycles. The number of rotatable bonds is 5. The van der Waals surface area contributed by atoms with Crippen molar-refractivity contribution >= 4 is 11.3 Å². The molecule has 0 aliphatic rings. The molecule has 2 aromatic rings. The molecule has 1 N–H and O–H groups in total. The minimum absolute atomic E-state index is 0.274. The number of ether oxygens (including phenoxy) is 1. The molecule has 0 saturated heterocycles. The van der Waals surface area contributed by atoms with E-state index in [1.165, 1.54) is 5.56 Å². The number of methoxy groups -OCH3 is 1. The van der Waals surface area contributed by atoms with Gasteiger partial charge in [0.1, 0.15) is 5.75 Å². The lowest BCUT2D eigenvalue weighted by molar-refractivity contribution is 0.413. The molecule has 17 heavy (non-hydrogen) atoms. The molecule has 1 aromatic heterocycles. The summed E-state index contributed by atoms with van der Waals surface area (Å²) >= 11 is 1.69. The van der Waals surface area contributed by atoms with Gasteiger partial charge in [-0.1, -0.05) is 12.1 Å². The van der Waals surface area contributed by atoms with E-state index in [0.29, 0.717) is 0 Å². The number of hydrogen-bond donors (Lipinski definition) is 1. The molecule has 1 unspecified atom stereocenters. The molecule has 0 bridgehead atoms. The minimum atomic E-state index is 0.274. The molecule has 0 spiro atoms. The van der Waals surface area contributed by atoms with Gasteiger partial charge in [0.25, 0.3) is 0 Å². The Morgan fingerprint density at radius 2 is 2.35 bits per heavy atom. The van der Waals surface area contributed by atoms with Crippen molar-refractivity contribution in [3.8, 4) is 5.75 Å². The third kappa shape index (κ3) is 3.05. The fourth-order valence-electron chi connectivity index (χ4n) is 1.77. The lowest BCUT2D eigenvalue weighted by Crippen LogP contribution is -2.18. The Morgan fingerprint density at radius 1 is 1.47 bits per heavy atom. The minimum Gasteiger partial charge on any atom is -0.497 e. The van der Waals surface area contributed by atoms with Crippen LogP contribution < -0.4 is 10.1 Å². The van der Waals surface area contributed by atoms with Gasteiger partial charge in [0, 0.05) is 24.0 Å². The third-order valence-electron chi connectivity index (χ3n) is 2.71. The molecular formula is C13H16N2OS. The van der Waals surface area contributed by atoms with E-state index < -0.39 is 0 Å². The van der Waals surface area contributed by atoms with E-state index >= 15 is 0 Å². The van der Waals surface area contributed by atoms with Gasteiger partial charge in [0.2, 0.25) is 0 Å². The molecule has 4 heteroatoms. The molecule has 90 valence electrons. The van der Waals surface area contributed by atoms with Crippen LogP contribution in [0.1, 0.15) is 16.6 Å². The topological polar surface area (TPSA) is 34.2 Å². The van der Waals surface area contributed by atoms with Gasteiger partial charge in [0.05, 0.1) is 12.1 Å². The van der Waals surface area contributed by atoms with E-state index in [0.717, 1.165) is 17.2 Å². The summed E-state index contributed by atoms with van der Waals surface area (Å²) < 4.78 is 5.24. The predicted octanol–water partition coefficient (Wildman–Crippen LogP) is 2.65. The van der Waals surface area contributed by atoms with Crippen molar-refractivity contribution in [2.75, 3.05) is 14.2 Å². The van der Waals surface area contributed by atoms with Crippen LogP contribution in [0.25, 0.3) is 0 Å². The van der Waals surface area contributed by atoms with E-state index in [1.54, 1.807) is 18.4 Å². The average molecular weight is 248 g/mol. The first-order valence-corrected chi connectivity index (χ1v) is 6.41. The molecule has 0 aliphatic heterocycles. The zero-order valence-corrected chi connectivity index (χ0v) is 10.8. The first-order chi connectivity index (χ1) is 8.33. The van der Waals surface area contributed by atoms with Gasteiger partial charge < -0.3 is 10.1 Å². The zero-order chi connectivity index (χ0) is 12.1. The van der Waals surface area contributed by atoms with Crippen molar-refractivity contribution in [3.63, 3.8) is 0 Å². The van der Waals surface area contributed by atoms with Crippen molar-refractivity contribution in [3.05, 3.63) is 46.4 Å². The number of aromatic nitrogens is 1. The Bertz CT molecular complexity index is 456.